The van der Waals surface area contributed by atoms with Crippen molar-refractivity contribution in [3.8, 4) is 11.5 Å². The number of methoxy groups -OCH3 is 1. The van der Waals surface area contributed by atoms with Crippen LogP contribution in [0.1, 0.15) is 49.9 Å². The summed E-state index contributed by atoms with van der Waals surface area (Å²) in [5.74, 6) is 0.599. The smallest absolute Gasteiger partial charge is 0.253 e. The molecule has 0 saturated heterocycles. The van der Waals surface area contributed by atoms with Crippen LogP contribution < -0.4 is 9.47 Å². The van der Waals surface area contributed by atoms with Gasteiger partial charge in [0.15, 0.2) is 0 Å². The van der Waals surface area contributed by atoms with E-state index in [2.05, 4.69) is 0 Å². The van der Waals surface area contributed by atoms with E-state index in [0.29, 0.717) is 29.8 Å². The number of Topliss-reactive ketones (excluding diaryl/α,β-unsaturated/α-hetero) is 1. The molecule has 6 rings (SSSR count). The molecule has 2 atom stereocenters. The summed E-state index contributed by atoms with van der Waals surface area (Å²) >= 11 is 0. The lowest BCUT2D eigenvalue weighted by Crippen LogP contribution is -2.45. The fourth-order valence-electron chi connectivity index (χ4n) is 5.24. The molecule has 41 heavy (non-hydrogen) atoms. The first-order valence-electron chi connectivity index (χ1n) is 13.3. The first-order chi connectivity index (χ1) is 19.9. The number of halogens is 1. The minimum atomic E-state index is -0.981. The number of carbonyl (C=O) groups is 2. The van der Waals surface area contributed by atoms with Crippen LogP contribution in [0.5, 0.6) is 11.5 Å². The summed E-state index contributed by atoms with van der Waals surface area (Å²) < 4.78 is 24.8. The monoisotopic (exact) mass is 549 g/mol. The predicted molar refractivity (Wildman–Crippen MR) is 153 cm³/mol. The van der Waals surface area contributed by atoms with E-state index in [1.807, 2.05) is 60.7 Å². The molecule has 7 nitrogen and oxygen atoms in total. The van der Waals surface area contributed by atoms with Gasteiger partial charge in [0.1, 0.15) is 17.3 Å². The Bertz CT molecular complexity index is 1620. The third kappa shape index (κ3) is 5.16. The molecule has 0 spiro atoms. The van der Waals surface area contributed by atoms with Crippen molar-refractivity contribution in [3.63, 3.8) is 0 Å². The van der Waals surface area contributed by atoms with E-state index in [9.17, 15) is 14.0 Å². The fourth-order valence-corrected chi connectivity index (χ4v) is 5.24. The maximum absolute atomic E-state index is 13.5. The Morgan fingerprint density at radius 3 is 2.34 bits per heavy atom. The third-order valence-electron chi connectivity index (χ3n) is 7.44. The number of rotatable bonds is 7. The lowest BCUT2D eigenvalue weighted by atomic mass is 9.95. The molecule has 2 aliphatic rings. The number of hydrazone groups is 1. The molecule has 8 heteroatoms. The number of hydrogen-bond donors (Lipinski definition) is 0. The van der Waals surface area contributed by atoms with Crippen molar-refractivity contribution in [1.82, 2.24) is 9.91 Å². The van der Waals surface area contributed by atoms with Gasteiger partial charge in [0.25, 0.3) is 12.1 Å². The molecular formula is C33H28FN3O4. The Kier molecular flexibility index (Phi) is 6.97. The summed E-state index contributed by atoms with van der Waals surface area (Å²) in [4.78, 5) is 28.2. The molecule has 0 aliphatic carbocycles. The highest BCUT2D eigenvalue weighted by Gasteiger charge is 2.43. The minimum Gasteiger partial charge on any atom is -0.497 e. The maximum atomic E-state index is 13.5. The topological polar surface area (TPSA) is 71.4 Å². The number of carbonyl (C=O) groups excluding carboxylic acids is 2. The van der Waals surface area contributed by atoms with Crippen LogP contribution in [-0.4, -0.2) is 47.7 Å². The van der Waals surface area contributed by atoms with E-state index in [0.717, 1.165) is 28.2 Å². The van der Waals surface area contributed by atoms with Gasteiger partial charge in [0, 0.05) is 36.7 Å². The first kappa shape index (κ1) is 26.3. The van der Waals surface area contributed by atoms with Gasteiger partial charge in [-0.2, -0.15) is 5.10 Å². The molecule has 2 heterocycles. The van der Waals surface area contributed by atoms with Gasteiger partial charge in [-0.3, -0.25) is 9.59 Å². The Morgan fingerprint density at radius 2 is 1.63 bits per heavy atom. The Balaban J connectivity index is 1.22. The number of amides is 1. The Hall–Kier alpha value is -4.98. The average Bonchev–Trinajstić information content (AvgIpc) is 3.47. The van der Waals surface area contributed by atoms with Crippen LogP contribution in [-0.2, 0) is 6.54 Å². The summed E-state index contributed by atoms with van der Waals surface area (Å²) in [5.41, 5.74) is 4.51. The van der Waals surface area contributed by atoms with Gasteiger partial charge in [0.2, 0.25) is 5.78 Å². The molecule has 0 fully saturated rings. The minimum absolute atomic E-state index is 0.0922. The predicted octanol–water partition coefficient (Wildman–Crippen LogP) is 5.86. The molecule has 2 aliphatic heterocycles. The average molecular weight is 550 g/mol. The highest BCUT2D eigenvalue weighted by Crippen LogP contribution is 2.43. The standard InChI is InChI=1S/C33H28FN3O4/c1-36(20-21-7-17-26(40-2)18-8-21)32(39)24-11-9-22(10-12-24)28-19-29-27-5-3-4-6-30(27)41-33(37(29)35-28)31(38)23-13-15-25(34)16-14-23/h3-18,29,33H,19-20H2,1-2H3. The summed E-state index contributed by atoms with van der Waals surface area (Å²) in [7, 11) is 3.39. The molecule has 0 N–H and O–H groups in total. The molecule has 2 unspecified atom stereocenters. The second-order valence-electron chi connectivity index (χ2n) is 10.1. The van der Waals surface area contributed by atoms with Crippen molar-refractivity contribution in [2.75, 3.05) is 14.2 Å². The molecule has 0 radical (unpaired) electrons. The van der Waals surface area contributed by atoms with Crippen molar-refractivity contribution in [1.29, 1.82) is 0 Å². The van der Waals surface area contributed by atoms with Gasteiger partial charge in [-0.1, -0.05) is 42.5 Å². The van der Waals surface area contributed by atoms with Crippen LogP contribution in [0.4, 0.5) is 4.39 Å². The quantitative estimate of drug-likeness (QED) is 0.270. The number of hydrogen-bond acceptors (Lipinski definition) is 6. The number of benzene rings is 4. The van der Waals surface area contributed by atoms with Gasteiger partial charge in [-0.05, 0) is 65.7 Å². The molecule has 0 bridgehead atoms. The second kappa shape index (κ2) is 10.9. The molecule has 4 aromatic carbocycles. The van der Waals surface area contributed by atoms with E-state index in [1.165, 1.54) is 24.3 Å². The SMILES string of the molecule is COc1ccc(CN(C)C(=O)c2ccc(C3=NN4C(C(=O)c5ccc(F)cc5)Oc5ccccc5C4C3)cc2)cc1. The third-order valence-corrected chi connectivity index (χ3v) is 7.44. The van der Waals surface area contributed by atoms with Gasteiger partial charge in [-0.15, -0.1) is 0 Å². The van der Waals surface area contributed by atoms with E-state index in [4.69, 9.17) is 14.6 Å². The van der Waals surface area contributed by atoms with Crippen LogP contribution in [0.15, 0.2) is 102 Å². The number of ketones is 1. The van der Waals surface area contributed by atoms with Gasteiger partial charge < -0.3 is 14.4 Å². The molecule has 206 valence electrons. The van der Waals surface area contributed by atoms with Crippen LogP contribution in [0.3, 0.4) is 0 Å². The summed E-state index contributed by atoms with van der Waals surface area (Å²) in [5, 5.41) is 6.53. The molecule has 1 amide bonds. The summed E-state index contributed by atoms with van der Waals surface area (Å²) in [6.45, 7) is 0.469. The molecule has 0 aromatic heterocycles. The number of ether oxygens (including phenoxy) is 2. The highest BCUT2D eigenvalue weighted by atomic mass is 19.1. The zero-order valence-corrected chi connectivity index (χ0v) is 22.7. The van der Waals surface area contributed by atoms with Crippen molar-refractivity contribution >= 4 is 17.4 Å². The van der Waals surface area contributed by atoms with Crippen LogP contribution in [0.2, 0.25) is 0 Å². The van der Waals surface area contributed by atoms with Crippen LogP contribution >= 0.6 is 0 Å². The zero-order valence-electron chi connectivity index (χ0n) is 22.7. The largest absolute Gasteiger partial charge is 0.497 e. The van der Waals surface area contributed by atoms with Crippen molar-refractivity contribution in [2.45, 2.75) is 25.2 Å². The van der Waals surface area contributed by atoms with Crippen LogP contribution in [0, 0.1) is 5.82 Å². The van der Waals surface area contributed by atoms with E-state index in [1.54, 1.807) is 36.2 Å². The fraction of sp³-hybridized carbons (Fsp3) is 0.182. The Morgan fingerprint density at radius 1 is 0.951 bits per heavy atom. The second-order valence-corrected chi connectivity index (χ2v) is 10.1. The Labute approximate surface area is 237 Å². The maximum Gasteiger partial charge on any atom is 0.253 e. The van der Waals surface area contributed by atoms with E-state index >= 15 is 0 Å². The normalized spacial score (nSPS) is 17.1. The number of fused-ring (bicyclic) bond motifs is 3. The molecule has 0 saturated carbocycles. The summed E-state index contributed by atoms with van der Waals surface area (Å²) in [6, 6.07) is 27.9. The number of para-hydroxylation sites is 1. The number of nitrogens with zero attached hydrogens (tertiary/aromatic N) is 3. The lowest BCUT2D eigenvalue weighted by molar-refractivity contribution is -0.00456. The van der Waals surface area contributed by atoms with E-state index < -0.39 is 12.0 Å². The zero-order chi connectivity index (χ0) is 28.5. The van der Waals surface area contributed by atoms with Crippen molar-refractivity contribution in [3.05, 3.63) is 131 Å². The highest BCUT2D eigenvalue weighted by molar-refractivity contribution is 6.04. The van der Waals surface area contributed by atoms with Gasteiger partial charge in [0.05, 0.1) is 18.9 Å². The lowest BCUT2D eigenvalue weighted by Gasteiger charge is -2.37. The van der Waals surface area contributed by atoms with Gasteiger partial charge >= 0.3 is 0 Å². The first-order valence-corrected chi connectivity index (χ1v) is 13.3. The summed E-state index contributed by atoms with van der Waals surface area (Å²) in [6.07, 6.45) is -0.413. The van der Waals surface area contributed by atoms with Crippen LogP contribution in [0.25, 0.3) is 0 Å². The van der Waals surface area contributed by atoms with E-state index in [-0.39, 0.29) is 17.7 Å². The van der Waals surface area contributed by atoms with Crippen molar-refractivity contribution in [2.24, 2.45) is 5.10 Å². The van der Waals surface area contributed by atoms with Gasteiger partial charge in [-0.25, -0.2) is 9.40 Å². The molecule has 4 aromatic rings. The molecular weight excluding hydrogens is 521 g/mol. The van der Waals surface area contributed by atoms with Crippen molar-refractivity contribution < 1.29 is 23.5 Å².